The molecular formula is C20H17ClN2O3S. The minimum absolute atomic E-state index is 0.137. The molecule has 7 heteroatoms. The molecule has 0 aliphatic heterocycles. The first-order chi connectivity index (χ1) is 12.8. The van der Waals surface area contributed by atoms with Crippen molar-refractivity contribution < 1.29 is 13.2 Å². The van der Waals surface area contributed by atoms with Crippen molar-refractivity contribution in [2.75, 3.05) is 10.0 Å². The zero-order valence-corrected chi connectivity index (χ0v) is 16.0. The maximum absolute atomic E-state index is 12.5. The van der Waals surface area contributed by atoms with E-state index in [1.54, 1.807) is 36.4 Å². The van der Waals surface area contributed by atoms with Gasteiger partial charge in [-0.3, -0.25) is 9.52 Å². The fraction of sp³-hybridized carbons (Fsp3) is 0.0500. The number of para-hydroxylation sites is 1. The fourth-order valence-electron chi connectivity index (χ4n) is 2.41. The molecule has 0 saturated heterocycles. The SMILES string of the molecule is Cc1ccc(S(=O)(=O)Nc2ccc(Cl)c(C(=O)Nc3ccccc3)c2)cc1. The molecule has 0 spiro atoms. The lowest BCUT2D eigenvalue weighted by molar-refractivity contribution is 0.102. The number of benzene rings is 3. The summed E-state index contributed by atoms with van der Waals surface area (Å²) in [5.41, 5.74) is 1.99. The Morgan fingerprint density at radius 1 is 0.889 bits per heavy atom. The van der Waals surface area contributed by atoms with E-state index < -0.39 is 15.9 Å². The van der Waals surface area contributed by atoms with Crippen LogP contribution >= 0.6 is 11.6 Å². The van der Waals surface area contributed by atoms with Gasteiger partial charge in [0.1, 0.15) is 0 Å². The predicted molar refractivity (Wildman–Crippen MR) is 108 cm³/mol. The van der Waals surface area contributed by atoms with Crippen LogP contribution in [0.4, 0.5) is 11.4 Å². The molecule has 0 fully saturated rings. The van der Waals surface area contributed by atoms with Crippen molar-refractivity contribution in [3.05, 3.63) is 88.9 Å². The second kappa shape index (κ2) is 7.82. The summed E-state index contributed by atoms with van der Waals surface area (Å²) in [6.45, 7) is 1.88. The summed E-state index contributed by atoms with van der Waals surface area (Å²) in [6.07, 6.45) is 0. The molecule has 3 aromatic rings. The topological polar surface area (TPSA) is 75.3 Å². The molecule has 138 valence electrons. The summed E-state index contributed by atoms with van der Waals surface area (Å²) < 4.78 is 27.5. The van der Waals surface area contributed by atoms with Crippen molar-refractivity contribution in [2.45, 2.75) is 11.8 Å². The van der Waals surface area contributed by atoms with Crippen LogP contribution in [0, 0.1) is 6.92 Å². The normalized spacial score (nSPS) is 11.0. The number of hydrogen-bond acceptors (Lipinski definition) is 3. The Balaban J connectivity index is 1.84. The Bertz CT molecular complexity index is 1070. The third-order valence-electron chi connectivity index (χ3n) is 3.83. The lowest BCUT2D eigenvalue weighted by Crippen LogP contribution is -2.15. The van der Waals surface area contributed by atoms with Gasteiger partial charge in [-0.25, -0.2) is 8.42 Å². The first-order valence-corrected chi connectivity index (χ1v) is 9.97. The van der Waals surface area contributed by atoms with Gasteiger partial charge in [-0.2, -0.15) is 0 Å². The van der Waals surface area contributed by atoms with Crippen LogP contribution in [0.3, 0.4) is 0 Å². The van der Waals surface area contributed by atoms with Crippen molar-refractivity contribution in [3.8, 4) is 0 Å². The second-order valence-electron chi connectivity index (χ2n) is 5.93. The largest absolute Gasteiger partial charge is 0.322 e. The van der Waals surface area contributed by atoms with Gasteiger partial charge in [0.25, 0.3) is 15.9 Å². The van der Waals surface area contributed by atoms with Gasteiger partial charge >= 0.3 is 0 Å². The van der Waals surface area contributed by atoms with Crippen LogP contribution in [-0.2, 0) is 10.0 Å². The Labute approximate surface area is 163 Å². The van der Waals surface area contributed by atoms with Crippen molar-refractivity contribution >= 4 is 38.9 Å². The van der Waals surface area contributed by atoms with Crippen LogP contribution in [0.2, 0.25) is 5.02 Å². The fourth-order valence-corrected chi connectivity index (χ4v) is 3.67. The van der Waals surface area contributed by atoms with E-state index in [-0.39, 0.29) is 21.2 Å². The maximum Gasteiger partial charge on any atom is 0.261 e. The summed E-state index contributed by atoms with van der Waals surface area (Å²) in [4.78, 5) is 12.6. The molecule has 2 N–H and O–H groups in total. The highest BCUT2D eigenvalue weighted by Crippen LogP contribution is 2.24. The number of carbonyl (C=O) groups is 1. The quantitative estimate of drug-likeness (QED) is 0.651. The molecule has 5 nitrogen and oxygen atoms in total. The lowest BCUT2D eigenvalue weighted by Gasteiger charge is -2.11. The number of sulfonamides is 1. The number of rotatable bonds is 5. The van der Waals surface area contributed by atoms with E-state index in [9.17, 15) is 13.2 Å². The number of hydrogen-bond donors (Lipinski definition) is 2. The van der Waals surface area contributed by atoms with Gasteiger partial charge in [-0.1, -0.05) is 47.5 Å². The molecule has 3 aromatic carbocycles. The van der Waals surface area contributed by atoms with Crippen LogP contribution in [0.25, 0.3) is 0 Å². The molecule has 3 rings (SSSR count). The number of nitrogens with one attached hydrogen (secondary N) is 2. The Morgan fingerprint density at radius 3 is 2.22 bits per heavy atom. The smallest absolute Gasteiger partial charge is 0.261 e. The highest BCUT2D eigenvalue weighted by molar-refractivity contribution is 7.92. The number of aryl methyl sites for hydroxylation is 1. The summed E-state index contributed by atoms with van der Waals surface area (Å²) in [5, 5.41) is 2.95. The van der Waals surface area contributed by atoms with Gasteiger partial charge < -0.3 is 5.32 Å². The molecule has 0 saturated carbocycles. The number of halogens is 1. The monoisotopic (exact) mass is 400 g/mol. The molecule has 0 bridgehead atoms. The maximum atomic E-state index is 12.5. The summed E-state index contributed by atoms with van der Waals surface area (Å²) >= 11 is 6.12. The molecule has 0 atom stereocenters. The van der Waals surface area contributed by atoms with E-state index in [1.807, 2.05) is 13.0 Å². The van der Waals surface area contributed by atoms with Gasteiger partial charge in [0.2, 0.25) is 0 Å². The standard InChI is InChI=1S/C20H17ClN2O3S/c1-14-7-10-17(11-8-14)27(25,26)23-16-9-12-19(21)18(13-16)20(24)22-15-5-3-2-4-6-15/h2-13,23H,1H3,(H,22,24). The van der Waals surface area contributed by atoms with Crippen LogP contribution in [-0.4, -0.2) is 14.3 Å². The average Bonchev–Trinajstić information content (AvgIpc) is 2.64. The lowest BCUT2D eigenvalue weighted by atomic mass is 10.2. The Kier molecular flexibility index (Phi) is 5.48. The van der Waals surface area contributed by atoms with Crippen molar-refractivity contribution in [1.82, 2.24) is 0 Å². The van der Waals surface area contributed by atoms with Gasteiger partial charge in [0, 0.05) is 11.4 Å². The molecule has 0 aromatic heterocycles. The van der Waals surface area contributed by atoms with Crippen LogP contribution in [0.15, 0.2) is 77.7 Å². The molecular weight excluding hydrogens is 384 g/mol. The van der Waals surface area contributed by atoms with Gasteiger partial charge in [0.05, 0.1) is 15.5 Å². The van der Waals surface area contributed by atoms with E-state index >= 15 is 0 Å². The highest BCUT2D eigenvalue weighted by atomic mass is 35.5. The average molecular weight is 401 g/mol. The number of anilines is 2. The van der Waals surface area contributed by atoms with Crippen molar-refractivity contribution in [2.24, 2.45) is 0 Å². The third-order valence-corrected chi connectivity index (χ3v) is 5.55. The predicted octanol–water partition coefficient (Wildman–Crippen LogP) is 4.70. The van der Waals surface area contributed by atoms with Crippen molar-refractivity contribution in [3.63, 3.8) is 0 Å². The zero-order chi connectivity index (χ0) is 19.4. The Morgan fingerprint density at radius 2 is 1.56 bits per heavy atom. The molecule has 0 heterocycles. The summed E-state index contributed by atoms with van der Waals surface area (Å²) in [7, 11) is -3.77. The number of amides is 1. The van der Waals surface area contributed by atoms with Gasteiger partial charge in [-0.05, 0) is 49.4 Å². The Hall–Kier alpha value is -2.83. The minimum Gasteiger partial charge on any atom is -0.322 e. The molecule has 0 radical (unpaired) electrons. The highest BCUT2D eigenvalue weighted by Gasteiger charge is 2.17. The van der Waals surface area contributed by atoms with E-state index in [0.717, 1.165) is 5.56 Å². The minimum atomic E-state index is -3.77. The molecule has 0 aliphatic rings. The van der Waals surface area contributed by atoms with Crippen molar-refractivity contribution in [1.29, 1.82) is 0 Å². The first kappa shape index (κ1) is 18.9. The van der Waals surface area contributed by atoms with E-state index in [2.05, 4.69) is 10.0 Å². The molecule has 27 heavy (non-hydrogen) atoms. The summed E-state index contributed by atoms with van der Waals surface area (Å²) in [6, 6.07) is 19.8. The van der Waals surface area contributed by atoms with Gasteiger partial charge in [0.15, 0.2) is 0 Å². The first-order valence-electron chi connectivity index (χ1n) is 8.10. The van der Waals surface area contributed by atoms with E-state index in [4.69, 9.17) is 11.6 Å². The zero-order valence-electron chi connectivity index (χ0n) is 14.4. The number of carbonyl (C=O) groups excluding carboxylic acids is 1. The van der Waals surface area contributed by atoms with E-state index in [0.29, 0.717) is 5.69 Å². The molecule has 0 unspecified atom stereocenters. The van der Waals surface area contributed by atoms with Crippen LogP contribution in [0.1, 0.15) is 15.9 Å². The third kappa shape index (κ3) is 4.67. The molecule has 0 aliphatic carbocycles. The van der Waals surface area contributed by atoms with Crippen LogP contribution < -0.4 is 10.0 Å². The molecule has 1 amide bonds. The van der Waals surface area contributed by atoms with Gasteiger partial charge in [-0.15, -0.1) is 0 Å². The summed E-state index contributed by atoms with van der Waals surface area (Å²) in [5.74, 6) is -0.428. The van der Waals surface area contributed by atoms with E-state index in [1.165, 1.54) is 30.3 Å². The second-order valence-corrected chi connectivity index (χ2v) is 8.02. The van der Waals surface area contributed by atoms with Crippen LogP contribution in [0.5, 0.6) is 0 Å².